The third-order valence-corrected chi connectivity index (χ3v) is 3.71. The van der Waals surface area contributed by atoms with Crippen LogP contribution in [0.1, 0.15) is 30.6 Å². The van der Waals surface area contributed by atoms with Gasteiger partial charge in [0.2, 0.25) is 0 Å². The van der Waals surface area contributed by atoms with Gasteiger partial charge in [-0.2, -0.15) is 0 Å². The maximum atomic E-state index is 12.3. The van der Waals surface area contributed by atoms with E-state index in [4.69, 9.17) is 0 Å². The standard InChI is InChI=1S/C16H18BrNO2/c1-16(2,9-10-17)18-15(20)13-8-7-11-5-3-4-6-12(11)14(13)19/h3-8,19H,9-10H2,1-2H3,(H,18,20). The number of halogens is 1. The molecule has 0 atom stereocenters. The Kier molecular flexibility index (Phi) is 4.33. The molecule has 2 rings (SSSR count). The highest BCUT2D eigenvalue weighted by atomic mass is 79.9. The molecule has 4 heteroatoms. The molecule has 106 valence electrons. The summed E-state index contributed by atoms with van der Waals surface area (Å²) in [5.74, 6) is -0.213. The van der Waals surface area contributed by atoms with Crippen LogP contribution in [0.25, 0.3) is 10.8 Å². The molecule has 0 aliphatic rings. The lowest BCUT2D eigenvalue weighted by atomic mass is 10.00. The number of rotatable bonds is 4. The van der Waals surface area contributed by atoms with E-state index >= 15 is 0 Å². The molecule has 0 aliphatic carbocycles. The van der Waals surface area contributed by atoms with Crippen LogP contribution in [0.2, 0.25) is 0 Å². The highest BCUT2D eigenvalue weighted by Gasteiger charge is 2.22. The van der Waals surface area contributed by atoms with Crippen molar-refractivity contribution in [3.63, 3.8) is 0 Å². The predicted molar refractivity (Wildman–Crippen MR) is 85.6 cm³/mol. The zero-order valence-corrected chi connectivity index (χ0v) is 13.2. The minimum atomic E-state index is -0.321. The number of benzene rings is 2. The van der Waals surface area contributed by atoms with Crippen LogP contribution >= 0.6 is 15.9 Å². The summed E-state index contributed by atoms with van der Waals surface area (Å²) in [5, 5.41) is 15.6. The zero-order valence-electron chi connectivity index (χ0n) is 11.6. The Labute approximate surface area is 127 Å². The molecule has 2 N–H and O–H groups in total. The molecule has 0 aromatic heterocycles. The quantitative estimate of drug-likeness (QED) is 0.834. The third kappa shape index (κ3) is 3.12. The van der Waals surface area contributed by atoms with Gasteiger partial charge in [0.05, 0.1) is 5.56 Å². The summed E-state index contributed by atoms with van der Waals surface area (Å²) in [6.45, 7) is 3.93. The van der Waals surface area contributed by atoms with Crippen molar-refractivity contribution in [2.75, 3.05) is 5.33 Å². The molecule has 0 aliphatic heterocycles. The fourth-order valence-corrected chi connectivity index (χ4v) is 3.10. The molecule has 2 aromatic rings. The number of phenolic OH excluding ortho intramolecular Hbond substituents is 1. The molecule has 20 heavy (non-hydrogen) atoms. The summed E-state index contributed by atoms with van der Waals surface area (Å²) < 4.78 is 0. The van der Waals surface area contributed by atoms with E-state index in [0.29, 0.717) is 10.9 Å². The van der Waals surface area contributed by atoms with Crippen LogP contribution in [0.5, 0.6) is 5.75 Å². The number of aromatic hydroxyl groups is 1. The number of amides is 1. The summed E-state index contributed by atoms with van der Waals surface area (Å²) >= 11 is 3.38. The van der Waals surface area contributed by atoms with E-state index in [1.807, 2.05) is 44.2 Å². The van der Waals surface area contributed by atoms with Crippen LogP contribution < -0.4 is 5.32 Å². The molecule has 0 radical (unpaired) electrons. The Morgan fingerprint density at radius 2 is 1.95 bits per heavy atom. The average molecular weight is 336 g/mol. The number of phenols is 1. The van der Waals surface area contributed by atoms with E-state index in [-0.39, 0.29) is 17.2 Å². The average Bonchev–Trinajstić information content (AvgIpc) is 2.38. The van der Waals surface area contributed by atoms with Crippen LogP contribution in [0.4, 0.5) is 0 Å². The van der Waals surface area contributed by atoms with Crippen LogP contribution in [-0.4, -0.2) is 21.9 Å². The summed E-state index contributed by atoms with van der Waals surface area (Å²) in [6, 6.07) is 11.0. The lowest BCUT2D eigenvalue weighted by Gasteiger charge is -2.25. The first-order valence-corrected chi connectivity index (χ1v) is 7.66. The second kappa shape index (κ2) is 5.83. The highest BCUT2D eigenvalue weighted by Crippen LogP contribution is 2.28. The maximum Gasteiger partial charge on any atom is 0.255 e. The minimum Gasteiger partial charge on any atom is -0.506 e. The molecule has 3 nitrogen and oxygen atoms in total. The van der Waals surface area contributed by atoms with Crippen molar-refractivity contribution in [1.82, 2.24) is 5.32 Å². The van der Waals surface area contributed by atoms with E-state index in [1.54, 1.807) is 6.07 Å². The number of hydrogen-bond acceptors (Lipinski definition) is 2. The van der Waals surface area contributed by atoms with Crippen molar-refractivity contribution in [2.45, 2.75) is 25.8 Å². The van der Waals surface area contributed by atoms with Gasteiger partial charge in [0, 0.05) is 16.3 Å². The van der Waals surface area contributed by atoms with Crippen molar-refractivity contribution >= 4 is 32.6 Å². The Hall–Kier alpha value is -1.55. The lowest BCUT2D eigenvalue weighted by Crippen LogP contribution is -2.43. The summed E-state index contributed by atoms with van der Waals surface area (Å²) in [6.07, 6.45) is 0.813. The molecule has 2 aromatic carbocycles. The molecule has 0 saturated heterocycles. The van der Waals surface area contributed by atoms with Crippen LogP contribution in [0.3, 0.4) is 0 Å². The summed E-state index contributed by atoms with van der Waals surface area (Å²) in [5.41, 5.74) is -0.00933. The molecule has 0 bridgehead atoms. The van der Waals surface area contributed by atoms with Gasteiger partial charge >= 0.3 is 0 Å². The first-order chi connectivity index (χ1) is 9.44. The molecule has 0 unspecified atom stereocenters. The minimum absolute atomic E-state index is 0.0373. The second-order valence-corrected chi connectivity index (χ2v) is 6.25. The number of carbonyl (C=O) groups is 1. The van der Waals surface area contributed by atoms with Gasteiger partial charge in [0.25, 0.3) is 5.91 Å². The predicted octanol–water partition coefficient (Wildman–Crippen LogP) is 3.84. The van der Waals surface area contributed by atoms with E-state index in [2.05, 4.69) is 21.2 Å². The highest BCUT2D eigenvalue weighted by molar-refractivity contribution is 9.09. The molecule has 1 amide bonds. The second-order valence-electron chi connectivity index (χ2n) is 5.46. The number of carbonyl (C=O) groups excluding carboxylic acids is 1. The van der Waals surface area contributed by atoms with E-state index < -0.39 is 0 Å². The van der Waals surface area contributed by atoms with Crippen molar-refractivity contribution < 1.29 is 9.90 Å². The Morgan fingerprint density at radius 3 is 2.65 bits per heavy atom. The van der Waals surface area contributed by atoms with Gasteiger partial charge in [-0.1, -0.05) is 46.3 Å². The third-order valence-electron chi connectivity index (χ3n) is 3.32. The van der Waals surface area contributed by atoms with E-state index in [1.165, 1.54) is 0 Å². The van der Waals surface area contributed by atoms with E-state index in [9.17, 15) is 9.90 Å². The van der Waals surface area contributed by atoms with Gasteiger partial charge < -0.3 is 10.4 Å². The molecule has 0 spiro atoms. The topological polar surface area (TPSA) is 49.3 Å². The number of alkyl halides is 1. The molecule has 0 fully saturated rings. The first-order valence-electron chi connectivity index (χ1n) is 6.54. The molecule has 0 heterocycles. The summed E-state index contributed by atoms with van der Waals surface area (Å²) in [4.78, 5) is 12.3. The van der Waals surface area contributed by atoms with E-state index in [0.717, 1.165) is 17.1 Å². The molecular formula is C16H18BrNO2. The lowest BCUT2D eigenvalue weighted by molar-refractivity contribution is 0.0909. The number of fused-ring (bicyclic) bond motifs is 1. The monoisotopic (exact) mass is 335 g/mol. The Bertz CT molecular complexity index is 637. The number of nitrogens with one attached hydrogen (secondary N) is 1. The zero-order chi connectivity index (χ0) is 14.8. The van der Waals surface area contributed by atoms with Gasteiger partial charge in [-0.15, -0.1) is 0 Å². The Morgan fingerprint density at radius 1 is 1.25 bits per heavy atom. The Balaban J connectivity index is 2.33. The van der Waals surface area contributed by atoms with Crippen LogP contribution in [-0.2, 0) is 0 Å². The van der Waals surface area contributed by atoms with Crippen LogP contribution in [0, 0.1) is 0 Å². The first kappa shape index (κ1) is 14.9. The van der Waals surface area contributed by atoms with Crippen molar-refractivity contribution in [3.8, 4) is 5.75 Å². The smallest absolute Gasteiger partial charge is 0.255 e. The normalized spacial score (nSPS) is 11.6. The van der Waals surface area contributed by atoms with Crippen molar-refractivity contribution in [3.05, 3.63) is 42.0 Å². The van der Waals surface area contributed by atoms with Gasteiger partial charge in [-0.25, -0.2) is 0 Å². The van der Waals surface area contributed by atoms with Gasteiger partial charge in [0.15, 0.2) is 0 Å². The van der Waals surface area contributed by atoms with Crippen LogP contribution in [0.15, 0.2) is 36.4 Å². The van der Waals surface area contributed by atoms with Gasteiger partial charge in [0.1, 0.15) is 5.75 Å². The van der Waals surface area contributed by atoms with Crippen molar-refractivity contribution in [1.29, 1.82) is 0 Å². The van der Waals surface area contributed by atoms with Gasteiger partial charge in [-0.05, 0) is 31.7 Å². The molecular weight excluding hydrogens is 318 g/mol. The van der Waals surface area contributed by atoms with Crippen molar-refractivity contribution in [2.24, 2.45) is 0 Å². The fraction of sp³-hybridized carbons (Fsp3) is 0.312. The number of hydrogen-bond donors (Lipinski definition) is 2. The summed E-state index contributed by atoms with van der Waals surface area (Å²) in [7, 11) is 0. The van der Waals surface area contributed by atoms with Gasteiger partial charge in [-0.3, -0.25) is 4.79 Å². The fourth-order valence-electron chi connectivity index (χ4n) is 2.11. The maximum absolute atomic E-state index is 12.3. The largest absolute Gasteiger partial charge is 0.506 e. The molecule has 0 saturated carbocycles. The SMILES string of the molecule is CC(C)(CCBr)NC(=O)c1ccc2ccccc2c1O.